The summed E-state index contributed by atoms with van der Waals surface area (Å²) in [7, 11) is 0. The summed E-state index contributed by atoms with van der Waals surface area (Å²) in [6.45, 7) is 2.35. The second kappa shape index (κ2) is 5.96. The number of rotatable bonds is 6. The highest BCUT2D eigenvalue weighted by Gasteiger charge is 2.24. The number of carbonyl (C=O) groups excluding carboxylic acids is 1. The standard InChI is InChI=1S/C13H16N6O2/c1-9(21-7-10-3-4-10)11(20)18-13-16-8-17-19(13)12-14-5-2-6-15-12/h2,5-6,8-10H,3-4,7H2,1H3,(H,16,17,18,20). The molecule has 0 saturated heterocycles. The molecule has 1 saturated carbocycles. The Hall–Kier alpha value is -2.35. The van der Waals surface area contributed by atoms with E-state index in [9.17, 15) is 4.79 Å². The van der Waals surface area contributed by atoms with Gasteiger partial charge in [0.2, 0.25) is 5.95 Å². The lowest BCUT2D eigenvalue weighted by molar-refractivity contribution is -0.126. The fourth-order valence-electron chi connectivity index (χ4n) is 1.73. The van der Waals surface area contributed by atoms with E-state index in [-0.39, 0.29) is 11.9 Å². The van der Waals surface area contributed by atoms with Gasteiger partial charge in [-0.05, 0) is 31.7 Å². The third-order valence-electron chi connectivity index (χ3n) is 3.17. The van der Waals surface area contributed by atoms with E-state index in [1.54, 1.807) is 25.4 Å². The Morgan fingerprint density at radius 1 is 1.43 bits per heavy atom. The molecule has 8 heteroatoms. The quantitative estimate of drug-likeness (QED) is 0.845. The van der Waals surface area contributed by atoms with Crippen molar-refractivity contribution >= 4 is 11.9 Å². The Kier molecular flexibility index (Phi) is 3.87. The minimum Gasteiger partial charge on any atom is -0.368 e. The molecule has 0 spiro atoms. The predicted molar refractivity (Wildman–Crippen MR) is 73.7 cm³/mol. The van der Waals surface area contributed by atoms with Gasteiger partial charge in [0, 0.05) is 12.4 Å². The molecule has 0 bridgehead atoms. The molecule has 2 aromatic heterocycles. The maximum absolute atomic E-state index is 12.1. The van der Waals surface area contributed by atoms with Crippen molar-refractivity contribution in [3.63, 3.8) is 0 Å². The molecule has 1 unspecified atom stereocenters. The fraction of sp³-hybridized carbons (Fsp3) is 0.462. The van der Waals surface area contributed by atoms with Gasteiger partial charge in [0.15, 0.2) is 0 Å². The number of nitrogens with one attached hydrogen (secondary N) is 1. The summed E-state index contributed by atoms with van der Waals surface area (Å²) in [5.74, 6) is 0.965. The molecule has 110 valence electrons. The van der Waals surface area contributed by atoms with Gasteiger partial charge >= 0.3 is 0 Å². The highest BCUT2D eigenvalue weighted by atomic mass is 16.5. The first-order chi connectivity index (χ1) is 10.2. The molecule has 1 fully saturated rings. The number of ether oxygens (including phenoxy) is 1. The van der Waals surface area contributed by atoms with Gasteiger partial charge in [0.05, 0.1) is 6.61 Å². The Morgan fingerprint density at radius 2 is 2.19 bits per heavy atom. The van der Waals surface area contributed by atoms with Crippen LogP contribution in [0.5, 0.6) is 0 Å². The van der Waals surface area contributed by atoms with E-state index in [0.717, 1.165) is 0 Å². The summed E-state index contributed by atoms with van der Waals surface area (Å²) in [4.78, 5) is 24.2. The lowest BCUT2D eigenvalue weighted by atomic mass is 10.3. The zero-order valence-electron chi connectivity index (χ0n) is 11.6. The van der Waals surface area contributed by atoms with E-state index in [1.807, 2.05) is 0 Å². The van der Waals surface area contributed by atoms with Crippen LogP contribution in [0.25, 0.3) is 5.95 Å². The van der Waals surface area contributed by atoms with Gasteiger partial charge in [-0.25, -0.2) is 9.97 Å². The predicted octanol–water partition coefficient (Wildman–Crippen LogP) is 0.811. The summed E-state index contributed by atoms with van der Waals surface area (Å²) >= 11 is 0. The fourth-order valence-corrected chi connectivity index (χ4v) is 1.73. The smallest absolute Gasteiger partial charge is 0.255 e. The molecule has 21 heavy (non-hydrogen) atoms. The van der Waals surface area contributed by atoms with Crippen molar-refractivity contribution in [3.8, 4) is 5.95 Å². The van der Waals surface area contributed by atoms with Gasteiger partial charge in [0.25, 0.3) is 11.9 Å². The molecule has 1 atom stereocenters. The summed E-state index contributed by atoms with van der Waals surface area (Å²) < 4.78 is 6.89. The molecular weight excluding hydrogens is 272 g/mol. The molecule has 1 N–H and O–H groups in total. The summed E-state index contributed by atoms with van der Waals surface area (Å²) in [6.07, 6.45) is 6.37. The average molecular weight is 288 g/mol. The minimum absolute atomic E-state index is 0.263. The zero-order chi connectivity index (χ0) is 14.7. The highest BCUT2D eigenvalue weighted by Crippen LogP contribution is 2.29. The second-order valence-corrected chi connectivity index (χ2v) is 4.95. The van der Waals surface area contributed by atoms with Crippen LogP contribution in [0.1, 0.15) is 19.8 Å². The molecule has 0 aliphatic heterocycles. The van der Waals surface area contributed by atoms with Crippen LogP contribution in [0.2, 0.25) is 0 Å². The van der Waals surface area contributed by atoms with Gasteiger partial charge in [-0.2, -0.15) is 14.8 Å². The monoisotopic (exact) mass is 288 g/mol. The largest absolute Gasteiger partial charge is 0.368 e. The lowest BCUT2D eigenvalue weighted by Crippen LogP contribution is -2.29. The first-order valence-corrected chi connectivity index (χ1v) is 6.84. The SMILES string of the molecule is CC(OCC1CC1)C(=O)Nc1ncnn1-c1ncccn1. The van der Waals surface area contributed by atoms with Crippen molar-refractivity contribution < 1.29 is 9.53 Å². The van der Waals surface area contributed by atoms with E-state index < -0.39 is 6.10 Å². The topological polar surface area (TPSA) is 94.8 Å². The zero-order valence-corrected chi connectivity index (χ0v) is 11.6. The molecule has 1 aliphatic rings. The van der Waals surface area contributed by atoms with E-state index in [4.69, 9.17) is 4.74 Å². The van der Waals surface area contributed by atoms with Crippen LogP contribution < -0.4 is 5.32 Å². The number of aromatic nitrogens is 5. The number of anilines is 1. The Balaban J connectivity index is 1.64. The van der Waals surface area contributed by atoms with Crippen molar-refractivity contribution in [2.75, 3.05) is 11.9 Å². The Labute approximate surface area is 121 Å². The van der Waals surface area contributed by atoms with Crippen molar-refractivity contribution in [3.05, 3.63) is 24.8 Å². The van der Waals surface area contributed by atoms with Crippen LogP contribution >= 0.6 is 0 Å². The number of nitrogens with zero attached hydrogens (tertiary/aromatic N) is 5. The van der Waals surface area contributed by atoms with Crippen molar-refractivity contribution in [2.24, 2.45) is 5.92 Å². The molecule has 2 heterocycles. The van der Waals surface area contributed by atoms with Crippen molar-refractivity contribution in [1.29, 1.82) is 0 Å². The van der Waals surface area contributed by atoms with Gasteiger partial charge < -0.3 is 4.74 Å². The van der Waals surface area contributed by atoms with E-state index in [1.165, 1.54) is 23.9 Å². The van der Waals surface area contributed by atoms with Crippen LogP contribution in [0.3, 0.4) is 0 Å². The van der Waals surface area contributed by atoms with E-state index in [0.29, 0.717) is 18.5 Å². The van der Waals surface area contributed by atoms with Gasteiger partial charge in [-0.15, -0.1) is 0 Å². The Bertz CT molecular complexity index is 610. The number of carbonyl (C=O) groups is 1. The average Bonchev–Trinajstić information content (AvgIpc) is 3.23. The van der Waals surface area contributed by atoms with Crippen LogP contribution in [0.4, 0.5) is 5.95 Å². The third-order valence-corrected chi connectivity index (χ3v) is 3.17. The van der Waals surface area contributed by atoms with Gasteiger partial charge in [-0.3, -0.25) is 10.1 Å². The van der Waals surface area contributed by atoms with Gasteiger partial charge in [0.1, 0.15) is 12.4 Å². The first kappa shape index (κ1) is 13.6. The maximum Gasteiger partial charge on any atom is 0.255 e. The number of hydrogen-bond donors (Lipinski definition) is 1. The molecule has 1 aliphatic carbocycles. The van der Waals surface area contributed by atoms with Gasteiger partial charge in [-0.1, -0.05) is 0 Å². The summed E-state index contributed by atoms with van der Waals surface area (Å²) in [5.41, 5.74) is 0. The second-order valence-electron chi connectivity index (χ2n) is 4.95. The number of amides is 1. The molecule has 0 radical (unpaired) electrons. The molecule has 3 rings (SSSR count). The lowest BCUT2D eigenvalue weighted by Gasteiger charge is -2.12. The van der Waals surface area contributed by atoms with E-state index >= 15 is 0 Å². The van der Waals surface area contributed by atoms with E-state index in [2.05, 4.69) is 25.4 Å². The molecule has 1 amide bonds. The molecular formula is C13H16N6O2. The Morgan fingerprint density at radius 3 is 2.90 bits per heavy atom. The highest BCUT2D eigenvalue weighted by molar-refractivity contribution is 5.92. The molecule has 8 nitrogen and oxygen atoms in total. The first-order valence-electron chi connectivity index (χ1n) is 6.84. The van der Waals surface area contributed by atoms with Crippen molar-refractivity contribution in [2.45, 2.75) is 25.9 Å². The van der Waals surface area contributed by atoms with Crippen LogP contribution in [0.15, 0.2) is 24.8 Å². The summed E-state index contributed by atoms with van der Waals surface area (Å²) in [5, 5.41) is 6.69. The third kappa shape index (κ3) is 3.40. The minimum atomic E-state index is -0.535. The summed E-state index contributed by atoms with van der Waals surface area (Å²) in [6, 6.07) is 1.70. The maximum atomic E-state index is 12.1. The van der Waals surface area contributed by atoms with Crippen molar-refractivity contribution in [1.82, 2.24) is 24.7 Å². The normalized spacial score (nSPS) is 15.7. The van der Waals surface area contributed by atoms with Crippen LogP contribution in [0, 0.1) is 5.92 Å². The number of hydrogen-bond acceptors (Lipinski definition) is 6. The van der Waals surface area contributed by atoms with Crippen LogP contribution in [-0.4, -0.2) is 43.4 Å². The molecule has 2 aromatic rings. The van der Waals surface area contributed by atoms with Crippen LogP contribution in [-0.2, 0) is 9.53 Å². The molecule has 0 aromatic carbocycles.